The third kappa shape index (κ3) is 3.57. The Balaban J connectivity index is 2.05. The molecule has 0 aromatic heterocycles. The first kappa shape index (κ1) is 16.3. The van der Waals surface area contributed by atoms with Crippen LogP contribution >= 0.6 is 0 Å². The van der Waals surface area contributed by atoms with Gasteiger partial charge in [-0.3, -0.25) is 9.80 Å². The van der Waals surface area contributed by atoms with Gasteiger partial charge in [0, 0.05) is 31.2 Å². The number of hydrogen-bond acceptors (Lipinski definition) is 4. The van der Waals surface area contributed by atoms with Crippen LogP contribution < -0.4 is 4.74 Å². The molecular formula is C17H28N2O2. The van der Waals surface area contributed by atoms with E-state index in [-0.39, 0.29) is 6.04 Å². The number of likely N-dealkylation sites (N-methyl/N-ethyl adjacent to an activating group) is 1. The monoisotopic (exact) mass is 292 g/mol. The van der Waals surface area contributed by atoms with Crippen molar-refractivity contribution < 1.29 is 9.84 Å². The van der Waals surface area contributed by atoms with E-state index in [9.17, 15) is 5.11 Å². The number of hydrogen-bond donors (Lipinski definition) is 1. The third-order valence-corrected chi connectivity index (χ3v) is 4.88. The molecule has 1 aromatic carbocycles. The summed E-state index contributed by atoms with van der Waals surface area (Å²) in [6.07, 6.45) is -0.473. The second-order valence-corrected chi connectivity index (χ2v) is 6.28. The number of nitrogens with zero attached hydrogens (tertiary/aromatic N) is 2. The highest BCUT2D eigenvalue weighted by Crippen LogP contribution is 2.26. The molecule has 1 saturated heterocycles. The van der Waals surface area contributed by atoms with E-state index in [1.165, 1.54) is 0 Å². The summed E-state index contributed by atoms with van der Waals surface area (Å²) in [6, 6.07) is 8.84. The minimum atomic E-state index is -0.473. The van der Waals surface area contributed by atoms with Gasteiger partial charge in [0.2, 0.25) is 0 Å². The van der Waals surface area contributed by atoms with Crippen LogP contribution in [0.25, 0.3) is 0 Å². The van der Waals surface area contributed by atoms with Gasteiger partial charge in [0.05, 0.1) is 13.2 Å². The molecule has 0 spiro atoms. The van der Waals surface area contributed by atoms with Crippen molar-refractivity contribution in [2.45, 2.75) is 45.0 Å². The molecule has 2 rings (SSSR count). The molecule has 21 heavy (non-hydrogen) atoms. The van der Waals surface area contributed by atoms with Gasteiger partial charge < -0.3 is 9.84 Å². The van der Waals surface area contributed by atoms with Gasteiger partial charge in [-0.25, -0.2) is 0 Å². The molecule has 0 bridgehead atoms. The Bertz CT molecular complexity index is 437. The molecule has 0 amide bonds. The number of methoxy groups -OCH3 is 1. The number of rotatable bonds is 4. The standard InChI is InChI=1S/C17H28N2O2/c1-12-10-19(11-13(2)18(12)4)14(3)17(20)15-6-8-16(21-5)9-7-15/h6-9,12-14,17,20H,10-11H2,1-5H3. The minimum Gasteiger partial charge on any atom is -0.497 e. The average molecular weight is 292 g/mol. The van der Waals surface area contributed by atoms with E-state index >= 15 is 0 Å². The van der Waals surface area contributed by atoms with Crippen molar-refractivity contribution in [3.05, 3.63) is 29.8 Å². The summed E-state index contributed by atoms with van der Waals surface area (Å²) in [5.41, 5.74) is 0.947. The van der Waals surface area contributed by atoms with Crippen LogP contribution in [0.5, 0.6) is 5.75 Å². The summed E-state index contributed by atoms with van der Waals surface area (Å²) in [5.74, 6) is 0.820. The molecule has 4 atom stereocenters. The van der Waals surface area contributed by atoms with Crippen molar-refractivity contribution in [3.8, 4) is 5.75 Å². The molecule has 0 saturated carbocycles. The van der Waals surface area contributed by atoms with Gasteiger partial charge in [-0.15, -0.1) is 0 Å². The van der Waals surface area contributed by atoms with Crippen LogP contribution in [0.1, 0.15) is 32.4 Å². The molecule has 1 aromatic rings. The normalized spacial score (nSPS) is 27.3. The van der Waals surface area contributed by atoms with Crippen molar-refractivity contribution in [2.75, 3.05) is 27.2 Å². The van der Waals surface area contributed by atoms with E-state index in [1.54, 1.807) is 7.11 Å². The van der Waals surface area contributed by atoms with Crippen molar-refractivity contribution in [3.63, 3.8) is 0 Å². The molecule has 4 heteroatoms. The first-order valence-electron chi connectivity index (χ1n) is 7.72. The third-order valence-electron chi connectivity index (χ3n) is 4.88. The second kappa shape index (κ2) is 6.77. The fourth-order valence-electron chi connectivity index (χ4n) is 3.06. The second-order valence-electron chi connectivity index (χ2n) is 6.28. The Kier molecular flexibility index (Phi) is 5.25. The molecule has 1 N–H and O–H groups in total. The van der Waals surface area contributed by atoms with Crippen LogP contribution in [0.3, 0.4) is 0 Å². The highest BCUT2D eigenvalue weighted by atomic mass is 16.5. The molecule has 118 valence electrons. The Morgan fingerprint density at radius 3 is 2.14 bits per heavy atom. The van der Waals surface area contributed by atoms with Crippen LogP contribution in [0, 0.1) is 0 Å². The van der Waals surface area contributed by atoms with E-state index in [0.29, 0.717) is 12.1 Å². The molecule has 4 nitrogen and oxygen atoms in total. The van der Waals surface area contributed by atoms with Crippen LogP contribution in [0.15, 0.2) is 24.3 Å². The molecule has 1 heterocycles. The predicted molar refractivity (Wildman–Crippen MR) is 85.7 cm³/mol. The zero-order valence-corrected chi connectivity index (χ0v) is 13.8. The predicted octanol–water partition coefficient (Wildman–Crippen LogP) is 2.14. The number of aliphatic hydroxyl groups is 1. The van der Waals surface area contributed by atoms with Crippen LogP contribution in [0.4, 0.5) is 0 Å². The average Bonchev–Trinajstić information content (AvgIpc) is 2.50. The van der Waals surface area contributed by atoms with E-state index < -0.39 is 6.10 Å². The van der Waals surface area contributed by atoms with Crippen molar-refractivity contribution in [2.24, 2.45) is 0 Å². The van der Waals surface area contributed by atoms with Crippen molar-refractivity contribution in [1.82, 2.24) is 9.80 Å². The lowest BCUT2D eigenvalue weighted by Gasteiger charge is -2.45. The van der Waals surface area contributed by atoms with Gasteiger partial charge in [0.1, 0.15) is 5.75 Å². The van der Waals surface area contributed by atoms with E-state index in [1.807, 2.05) is 24.3 Å². The van der Waals surface area contributed by atoms with Gasteiger partial charge >= 0.3 is 0 Å². The number of benzene rings is 1. The summed E-state index contributed by atoms with van der Waals surface area (Å²) < 4.78 is 5.17. The number of piperazine rings is 1. The summed E-state index contributed by atoms with van der Waals surface area (Å²) in [4.78, 5) is 4.80. The largest absolute Gasteiger partial charge is 0.497 e. The summed E-state index contributed by atoms with van der Waals surface area (Å²) in [7, 11) is 3.83. The van der Waals surface area contributed by atoms with Crippen molar-refractivity contribution in [1.29, 1.82) is 0 Å². The maximum atomic E-state index is 10.6. The first-order valence-corrected chi connectivity index (χ1v) is 7.72. The van der Waals surface area contributed by atoms with E-state index in [2.05, 4.69) is 37.6 Å². The van der Waals surface area contributed by atoms with Gasteiger partial charge in [0.15, 0.2) is 0 Å². The van der Waals surface area contributed by atoms with Gasteiger partial charge in [-0.1, -0.05) is 12.1 Å². The van der Waals surface area contributed by atoms with Crippen LogP contribution in [-0.2, 0) is 0 Å². The number of aliphatic hydroxyl groups excluding tert-OH is 1. The number of ether oxygens (including phenoxy) is 1. The zero-order chi connectivity index (χ0) is 15.6. The van der Waals surface area contributed by atoms with E-state index in [0.717, 1.165) is 24.4 Å². The van der Waals surface area contributed by atoms with Gasteiger partial charge in [0.25, 0.3) is 0 Å². The molecule has 1 fully saturated rings. The Hall–Kier alpha value is -1.10. The highest BCUT2D eigenvalue weighted by Gasteiger charge is 2.32. The molecular weight excluding hydrogens is 264 g/mol. The SMILES string of the molecule is COc1ccc(C(O)C(C)N2CC(C)N(C)C(C)C2)cc1. The molecule has 4 unspecified atom stereocenters. The molecule has 0 aliphatic carbocycles. The fraction of sp³-hybridized carbons (Fsp3) is 0.647. The van der Waals surface area contributed by atoms with Gasteiger partial charge in [-0.2, -0.15) is 0 Å². The molecule has 1 aliphatic rings. The maximum Gasteiger partial charge on any atom is 0.118 e. The van der Waals surface area contributed by atoms with Crippen molar-refractivity contribution >= 4 is 0 Å². The molecule has 1 aliphatic heterocycles. The fourth-order valence-corrected chi connectivity index (χ4v) is 3.06. The summed E-state index contributed by atoms with van der Waals surface area (Å²) >= 11 is 0. The minimum absolute atomic E-state index is 0.108. The Labute approximate surface area is 128 Å². The Morgan fingerprint density at radius 1 is 1.14 bits per heavy atom. The lowest BCUT2D eigenvalue weighted by molar-refractivity contribution is -0.00809. The quantitative estimate of drug-likeness (QED) is 0.922. The smallest absolute Gasteiger partial charge is 0.118 e. The van der Waals surface area contributed by atoms with E-state index in [4.69, 9.17) is 4.74 Å². The summed E-state index contributed by atoms with van der Waals surface area (Å²) in [6.45, 7) is 8.59. The van der Waals surface area contributed by atoms with Crippen LogP contribution in [-0.4, -0.2) is 60.3 Å². The lowest BCUT2D eigenvalue weighted by Crippen LogP contribution is -2.57. The van der Waals surface area contributed by atoms with Crippen LogP contribution in [0.2, 0.25) is 0 Å². The topological polar surface area (TPSA) is 35.9 Å². The van der Waals surface area contributed by atoms with Gasteiger partial charge in [-0.05, 0) is 45.5 Å². The Morgan fingerprint density at radius 2 is 1.67 bits per heavy atom. The zero-order valence-electron chi connectivity index (χ0n) is 13.8. The highest BCUT2D eigenvalue weighted by molar-refractivity contribution is 5.29. The summed E-state index contributed by atoms with van der Waals surface area (Å²) in [5, 5.41) is 10.6. The first-order chi connectivity index (χ1) is 9.93. The maximum absolute atomic E-state index is 10.6. The molecule has 0 radical (unpaired) electrons. The lowest BCUT2D eigenvalue weighted by atomic mass is 9.99.